The van der Waals surface area contributed by atoms with Gasteiger partial charge in [0.1, 0.15) is 0 Å². The van der Waals surface area contributed by atoms with Gasteiger partial charge in [-0.15, -0.1) is 6.58 Å². The molecule has 1 fully saturated rings. The maximum absolute atomic E-state index is 11.8. The zero-order valence-corrected chi connectivity index (χ0v) is 13.4. The molecule has 2 heterocycles. The molecule has 2 N–H and O–H groups in total. The normalized spacial score (nSPS) is 15.4. The zero-order chi connectivity index (χ0) is 15.8. The van der Waals surface area contributed by atoms with E-state index in [0.29, 0.717) is 31.7 Å². The maximum atomic E-state index is 11.8. The molecule has 0 radical (unpaired) electrons. The highest BCUT2D eigenvalue weighted by molar-refractivity contribution is 7.08. The van der Waals surface area contributed by atoms with Gasteiger partial charge in [0.25, 0.3) is 5.91 Å². The molecule has 3 amide bonds. The van der Waals surface area contributed by atoms with Crippen LogP contribution in [0.4, 0.5) is 4.79 Å². The molecule has 1 aliphatic rings. The predicted molar refractivity (Wildman–Crippen MR) is 88.3 cm³/mol. The van der Waals surface area contributed by atoms with Crippen LogP contribution in [0.2, 0.25) is 0 Å². The van der Waals surface area contributed by atoms with Gasteiger partial charge in [0.15, 0.2) is 0 Å². The van der Waals surface area contributed by atoms with E-state index in [4.69, 9.17) is 0 Å². The third kappa shape index (κ3) is 4.85. The fourth-order valence-corrected chi connectivity index (χ4v) is 2.91. The molecule has 0 spiro atoms. The van der Waals surface area contributed by atoms with Gasteiger partial charge in [-0.25, -0.2) is 4.79 Å². The minimum Gasteiger partial charge on any atom is -0.351 e. The molecule has 0 aromatic carbocycles. The average molecular weight is 322 g/mol. The molecule has 1 aromatic heterocycles. The van der Waals surface area contributed by atoms with E-state index >= 15 is 0 Å². The Kier molecular flexibility index (Phi) is 6.42. The Morgan fingerprint density at radius 3 is 2.68 bits per heavy atom. The van der Waals surface area contributed by atoms with E-state index in [0.717, 1.165) is 19.6 Å². The first kappa shape index (κ1) is 16.5. The van der Waals surface area contributed by atoms with Crippen molar-refractivity contribution in [2.75, 3.05) is 45.8 Å². The minimum absolute atomic E-state index is 0.0244. The lowest BCUT2D eigenvalue weighted by Crippen LogP contribution is -2.52. The van der Waals surface area contributed by atoms with Crippen molar-refractivity contribution in [1.29, 1.82) is 0 Å². The number of nitrogens with zero attached hydrogens (tertiary/aromatic N) is 2. The molecule has 6 nitrogen and oxygen atoms in total. The summed E-state index contributed by atoms with van der Waals surface area (Å²) in [6.45, 7) is 8.58. The van der Waals surface area contributed by atoms with Crippen LogP contribution in [0, 0.1) is 0 Å². The van der Waals surface area contributed by atoms with Crippen LogP contribution in [0.1, 0.15) is 10.4 Å². The smallest absolute Gasteiger partial charge is 0.317 e. The van der Waals surface area contributed by atoms with Gasteiger partial charge in [-0.2, -0.15) is 11.3 Å². The van der Waals surface area contributed by atoms with Crippen LogP contribution in [-0.4, -0.2) is 67.6 Å². The van der Waals surface area contributed by atoms with Crippen molar-refractivity contribution < 1.29 is 9.59 Å². The number of carbonyl (C=O) groups is 2. The Hall–Kier alpha value is -1.86. The van der Waals surface area contributed by atoms with E-state index in [1.54, 1.807) is 6.08 Å². The number of hydrogen-bond donors (Lipinski definition) is 2. The summed E-state index contributed by atoms with van der Waals surface area (Å²) in [5.41, 5.74) is 0.716. The molecule has 1 aromatic rings. The first-order valence-corrected chi connectivity index (χ1v) is 8.31. The predicted octanol–water partition coefficient (Wildman–Crippen LogP) is 0.991. The van der Waals surface area contributed by atoms with Crippen LogP contribution in [0.5, 0.6) is 0 Å². The third-order valence-electron chi connectivity index (χ3n) is 3.55. The molecule has 7 heteroatoms. The van der Waals surface area contributed by atoms with Gasteiger partial charge in [-0.3, -0.25) is 9.69 Å². The molecular formula is C15H22N4O2S. The van der Waals surface area contributed by atoms with Crippen molar-refractivity contribution in [2.45, 2.75) is 0 Å². The van der Waals surface area contributed by atoms with Gasteiger partial charge >= 0.3 is 6.03 Å². The first-order valence-electron chi connectivity index (χ1n) is 7.37. The summed E-state index contributed by atoms with van der Waals surface area (Å²) >= 11 is 1.52. The van der Waals surface area contributed by atoms with Crippen LogP contribution in [0.15, 0.2) is 29.5 Å². The minimum atomic E-state index is -0.0367. The van der Waals surface area contributed by atoms with Gasteiger partial charge in [-0.1, -0.05) is 6.08 Å². The number of hydrogen-bond acceptors (Lipinski definition) is 4. The number of nitrogens with one attached hydrogen (secondary N) is 2. The van der Waals surface area contributed by atoms with Crippen LogP contribution in [0.3, 0.4) is 0 Å². The van der Waals surface area contributed by atoms with Crippen LogP contribution in [0.25, 0.3) is 0 Å². The van der Waals surface area contributed by atoms with Crippen LogP contribution in [-0.2, 0) is 0 Å². The van der Waals surface area contributed by atoms with Gasteiger partial charge in [-0.05, 0) is 11.4 Å². The highest BCUT2D eigenvalue weighted by Gasteiger charge is 2.20. The molecule has 0 aliphatic carbocycles. The molecule has 0 atom stereocenters. The maximum Gasteiger partial charge on any atom is 0.317 e. The van der Waals surface area contributed by atoms with Gasteiger partial charge in [0.2, 0.25) is 0 Å². The van der Waals surface area contributed by atoms with Crippen molar-refractivity contribution in [3.05, 3.63) is 35.0 Å². The average Bonchev–Trinajstić information content (AvgIpc) is 3.07. The lowest BCUT2D eigenvalue weighted by atomic mass is 10.3. The lowest BCUT2D eigenvalue weighted by Gasteiger charge is -2.34. The Balaban J connectivity index is 1.62. The highest BCUT2D eigenvalue weighted by Crippen LogP contribution is 2.05. The second-order valence-corrected chi connectivity index (χ2v) is 5.85. The van der Waals surface area contributed by atoms with Crippen LogP contribution >= 0.6 is 11.3 Å². The molecule has 0 bridgehead atoms. The fourth-order valence-electron chi connectivity index (χ4n) is 2.27. The number of urea groups is 1. The molecule has 120 valence electrons. The SMILES string of the molecule is C=CCNC(=O)N1CCN(CCNC(=O)c2ccsc2)CC1. The van der Waals surface area contributed by atoms with Crippen LogP contribution < -0.4 is 10.6 Å². The summed E-state index contributed by atoms with van der Waals surface area (Å²) in [4.78, 5) is 27.7. The van der Waals surface area contributed by atoms with E-state index in [9.17, 15) is 9.59 Å². The second kappa shape index (κ2) is 8.55. The number of thiophene rings is 1. The lowest BCUT2D eigenvalue weighted by molar-refractivity contribution is 0.0942. The summed E-state index contributed by atoms with van der Waals surface area (Å²) in [7, 11) is 0. The molecule has 1 saturated heterocycles. The monoisotopic (exact) mass is 322 g/mol. The fraction of sp³-hybridized carbons (Fsp3) is 0.467. The Morgan fingerprint density at radius 1 is 1.27 bits per heavy atom. The Bertz CT molecular complexity index is 496. The van der Waals surface area contributed by atoms with E-state index in [1.807, 2.05) is 21.7 Å². The quantitative estimate of drug-likeness (QED) is 0.768. The topological polar surface area (TPSA) is 64.7 Å². The molecule has 2 rings (SSSR count). The van der Waals surface area contributed by atoms with E-state index in [-0.39, 0.29) is 11.9 Å². The van der Waals surface area contributed by atoms with Gasteiger partial charge in [0, 0.05) is 56.8 Å². The molecule has 22 heavy (non-hydrogen) atoms. The summed E-state index contributed by atoms with van der Waals surface area (Å²) in [5.74, 6) is -0.0244. The molecule has 1 aliphatic heterocycles. The van der Waals surface area contributed by atoms with Crippen molar-refractivity contribution in [1.82, 2.24) is 20.4 Å². The van der Waals surface area contributed by atoms with Crippen molar-refractivity contribution in [2.24, 2.45) is 0 Å². The van der Waals surface area contributed by atoms with Crippen molar-refractivity contribution in [3.63, 3.8) is 0 Å². The summed E-state index contributed by atoms with van der Waals surface area (Å²) in [6, 6.07) is 1.78. The first-order chi connectivity index (χ1) is 10.7. The van der Waals surface area contributed by atoms with Crippen molar-refractivity contribution in [3.8, 4) is 0 Å². The highest BCUT2D eigenvalue weighted by atomic mass is 32.1. The van der Waals surface area contributed by atoms with E-state index in [1.165, 1.54) is 11.3 Å². The molecule has 0 unspecified atom stereocenters. The standard InChI is InChI=1S/C15H22N4O2S/c1-2-4-17-15(21)19-9-7-18(8-10-19)6-5-16-14(20)13-3-11-22-12-13/h2-3,11-12H,1,4-10H2,(H,16,20)(H,17,21). The Labute approximate surface area is 134 Å². The summed E-state index contributed by atoms with van der Waals surface area (Å²) in [5, 5.41) is 9.44. The van der Waals surface area contributed by atoms with Crippen molar-refractivity contribution >= 4 is 23.3 Å². The van der Waals surface area contributed by atoms with Gasteiger partial charge < -0.3 is 15.5 Å². The number of amides is 3. The molecule has 0 saturated carbocycles. The molecular weight excluding hydrogens is 300 g/mol. The zero-order valence-electron chi connectivity index (χ0n) is 12.6. The Morgan fingerprint density at radius 2 is 2.05 bits per heavy atom. The second-order valence-electron chi connectivity index (χ2n) is 5.07. The summed E-state index contributed by atoms with van der Waals surface area (Å²) in [6.07, 6.45) is 1.67. The largest absolute Gasteiger partial charge is 0.351 e. The van der Waals surface area contributed by atoms with E-state index in [2.05, 4.69) is 22.1 Å². The van der Waals surface area contributed by atoms with E-state index < -0.39 is 0 Å². The number of rotatable bonds is 6. The summed E-state index contributed by atoms with van der Waals surface area (Å²) < 4.78 is 0. The number of piperazine rings is 1. The van der Waals surface area contributed by atoms with Gasteiger partial charge in [0.05, 0.1) is 0 Å². The number of carbonyl (C=O) groups excluding carboxylic acids is 2. The third-order valence-corrected chi connectivity index (χ3v) is 4.24.